The Balaban J connectivity index is 1.64. The molecule has 0 radical (unpaired) electrons. The zero-order chi connectivity index (χ0) is 17.1. The van der Waals surface area contributed by atoms with Crippen LogP contribution in [0.25, 0.3) is 0 Å². The third kappa shape index (κ3) is 3.59. The Kier molecular flexibility index (Phi) is 4.85. The Hall–Kier alpha value is -2.34. The lowest BCUT2D eigenvalue weighted by molar-refractivity contribution is -0.120. The summed E-state index contributed by atoms with van der Waals surface area (Å²) in [7, 11) is 1.62. The van der Waals surface area contributed by atoms with Crippen LogP contribution in [0, 0.1) is 13.8 Å². The predicted octanol–water partition coefficient (Wildman–Crippen LogP) is 2.90. The molecule has 24 heavy (non-hydrogen) atoms. The molecule has 6 heteroatoms. The van der Waals surface area contributed by atoms with Crippen molar-refractivity contribution in [1.82, 2.24) is 9.88 Å². The van der Waals surface area contributed by atoms with Gasteiger partial charge in [0, 0.05) is 5.69 Å². The van der Waals surface area contributed by atoms with E-state index in [0.717, 1.165) is 42.3 Å². The van der Waals surface area contributed by atoms with Gasteiger partial charge in [0.1, 0.15) is 11.5 Å². The number of carbonyl (C=O) groups is 1. The molecule has 1 aromatic heterocycles. The molecule has 2 aromatic rings. The first-order chi connectivity index (χ1) is 11.6. The van der Waals surface area contributed by atoms with Crippen molar-refractivity contribution >= 4 is 11.6 Å². The van der Waals surface area contributed by atoms with Crippen LogP contribution in [0.1, 0.15) is 30.2 Å². The van der Waals surface area contributed by atoms with Gasteiger partial charge in [-0.2, -0.15) is 0 Å². The molecular weight excluding hydrogens is 306 g/mol. The molecule has 1 atom stereocenters. The van der Waals surface area contributed by atoms with Crippen LogP contribution in [0.2, 0.25) is 0 Å². The molecule has 1 aromatic carbocycles. The second-order valence-corrected chi connectivity index (χ2v) is 6.10. The second kappa shape index (κ2) is 7.05. The third-order valence-corrected chi connectivity index (χ3v) is 4.44. The summed E-state index contributed by atoms with van der Waals surface area (Å²) in [5, 5.41) is 2.98. The minimum absolute atomic E-state index is 0.0117. The highest BCUT2D eigenvalue weighted by Gasteiger charge is 2.31. The fourth-order valence-electron chi connectivity index (χ4n) is 2.99. The third-order valence-electron chi connectivity index (χ3n) is 4.44. The molecule has 0 saturated carbocycles. The summed E-state index contributed by atoms with van der Waals surface area (Å²) in [6.07, 6.45) is 1.85. The summed E-state index contributed by atoms with van der Waals surface area (Å²) in [6.45, 7) is 5.28. The summed E-state index contributed by atoms with van der Waals surface area (Å²) in [6, 6.07) is 7.20. The van der Waals surface area contributed by atoms with Gasteiger partial charge in [-0.05, 0) is 57.5 Å². The van der Waals surface area contributed by atoms with Crippen molar-refractivity contribution in [2.24, 2.45) is 0 Å². The summed E-state index contributed by atoms with van der Waals surface area (Å²) < 4.78 is 10.8. The van der Waals surface area contributed by atoms with E-state index in [1.807, 2.05) is 38.1 Å². The van der Waals surface area contributed by atoms with E-state index in [2.05, 4.69) is 15.2 Å². The number of anilines is 1. The van der Waals surface area contributed by atoms with Gasteiger partial charge in [-0.15, -0.1) is 0 Å². The quantitative estimate of drug-likeness (QED) is 0.913. The Morgan fingerprint density at radius 3 is 2.75 bits per heavy atom. The molecule has 6 nitrogen and oxygen atoms in total. The highest BCUT2D eigenvalue weighted by atomic mass is 16.5. The standard InChI is InChI=1S/C18H23N3O3/c1-12-13(2)24-17(19-12)11-21-10-4-5-16(21)18(22)20-14-6-8-15(23-3)9-7-14/h6-9,16H,4-5,10-11H2,1-3H3,(H,20,22)/t16-/m0/s1. The summed E-state index contributed by atoms with van der Waals surface area (Å²) >= 11 is 0. The molecule has 2 heterocycles. The van der Waals surface area contributed by atoms with Crippen molar-refractivity contribution in [2.45, 2.75) is 39.3 Å². The monoisotopic (exact) mass is 329 g/mol. The number of nitrogens with one attached hydrogen (secondary N) is 1. The number of aromatic nitrogens is 1. The van der Waals surface area contributed by atoms with Crippen LogP contribution in [0.15, 0.2) is 28.7 Å². The fourth-order valence-corrected chi connectivity index (χ4v) is 2.99. The number of rotatable bonds is 5. The van der Waals surface area contributed by atoms with Crippen molar-refractivity contribution in [3.05, 3.63) is 41.6 Å². The van der Waals surface area contributed by atoms with E-state index in [0.29, 0.717) is 12.4 Å². The van der Waals surface area contributed by atoms with E-state index in [1.54, 1.807) is 7.11 Å². The van der Waals surface area contributed by atoms with E-state index < -0.39 is 0 Å². The average molecular weight is 329 g/mol. The highest BCUT2D eigenvalue weighted by Crippen LogP contribution is 2.23. The molecule has 1 fully saturated rings. The molecule has 0 spiro atoms. The lowest BCUT2D eigenvalue weighted by Gasteiger charge is -2.22. The van der Waals surface area contributed by atoms with Gasteiger partial charge in [0.05, 0.1) is 25.4 Å². The Morgan fingerprint density at radius 2 is 2.12 bits per heavy atom. The number of hydrogen-bond donors (Lipinski definition) is 1. The van der Waals surface area contributed by atoms with Gasteiger partial charge in [0.15, 0.2) is 0 Å². The number of methoxy groups -OCH3 is 1. The first-order valence-corrected chi connectivity index (χ1v) is 8.18. The zero-order valence-electron chi connectivity index (χ0n) is 14.3. The molecule has 1 aliphatic rings. The molecule has 1 N–H and O–H groups in total. The lowest BCUT2D eigenvalue weighted by Crippen LogP contribution is -2.39. The molecule has 0 aliphatic carbocycles. The summed E-state index contributed by atoms with van der Waals surface area (Å²) in [5.41, 5.74) is 1.68. The predicted molar refractivity (Wildman–Crippen MR) is 91.0 cm³/mol. The van der Waals surface area contributed by atoms with Crippen LogP contribution in [0.5, 0.6) is 5.75 Å². The maximum atomic E-state index is 12.6. The SMILES string of the molecule is COc1ccc(NC(=O)[C@@H]2CCCN2Cc2nc(C)c(C)o2)cc1. The Morgan fingerprint density at radius 1 is 1.38 bits per heavy atom. The number of ether oxygens (including phenoxy) is 1. The number of nitrogens with zero attached hydrogens (tertiary/aromatic N) is 2. The fraction of sp³-hybridized carbons (Fsp3) is 0.444. The van der Waals surface area contributed by atoms with Crippen LogP contribution < -0.4 is 10.1 Å². The van der Waals surface area contributed by atoms with Crippen LogP contribution in [-0.2, 0) is 11.3 Å². The lowest BCUT2D eigenvalue weighted by atomic mass is 10.2. The minimum atomic E-state index is -0.153. The van der Waals surface area contributed by atoms with Gasteiger partial charge < -0.3 is 14.5 Å². The molecule has 1 aliphatic heterocycles. The average Bonchev–Trinajstić information content (AvgIpc) is 3.15. The van der Waals surface area contributed by atoms with Crippen LogP contribution in [-0.4, -0.2) is 35.5 Å². The van der Waals surface area contributed by atoms with E-state index in [4.69, 9.17) is 9.15 Å². The number of benzene rings is 1. The minimum Gasteiger partial charge on any atom is -0.497 e. The first kappa shape index (κ1) is 16.5. The molecular formula is C18H23N3O3. The Bertz CT molecular complexity index is 689. The molecule has 1 amide bonds. The molecule has 128 valence electrons. The van der Waals surface area contributed by atoms with Crippen LogP contribution >= 0.6 is 0 Å². The van der Waals surface area contributed by atoms with E-state index >= 15 is 0 Å². The van der Waals surface area contributed by atoms with Crippen molar-refractivity contribution < 1.29 is 13.9 Å². The number of likely N-dealkylation sites (tertiary alicyclic amines) is 1. The number of amides is 1. The van der Waals surface area contributed by atoms with Crippen LogP contribution in [0.4, 0.5) is 5.69 Å². The van der Waals surface area contributed by atoms with E-state index in [1.165, 1.54) is 0 Å². The van der Waals surface area contributed by atoms with Gasteiger partial charge in [0.2, 0.25) is 11.8 Å². The summed E-state index contributed by atoms with van der Waals surface area (Å²) in [4.78, 5) is 19.2. The number of aryl methyl sites for hydroxylation is 2. The topological polar surface area (TPSA) is 67.6 Å². The number of oxazole rings is 1. The van der Waals surface area contributed by atoms with Gasteiger partial charge in [-0.25, -0.2) is 4.98 Å². The second-order valence-electron chi connectivity index (χ2n) is 6.10. The smallest absolute Gasteiger partial charge is 0.241 e. The highest BCUT2D eigenvalue weighted by molar-refractivity contribution is 5.95. The van der Waals surface area contributed by atoms with Crippen molar-refractivity contribution in [3.63, 3.8) is 0 Å². The zero-order valence-corrected chi connectivity index (χ0v) is 14.3. The van der Waals surface area contributed by atoms with Gasteiger partial charge in [-0.1, -0.05) is 0 Å². The maximum Gasteiger partial charge on any atom is 0.241 e. The molecule has 3 rings (SSSR count). The normalized spacial score (nSPS) is 17.9. The number of hydrogen-bond acceptors (Lipinski definition) is 5. The van der Waals surface area contributed by atoms with Crippen LogP contribution in [0.3, 0.4) is 0 Å². The van der Waals surface area contributed by atoms with Crippen molar-refractivity contribution in [2.75, 3.05) is 19.0 Å². The molecule has 1 saturated heterocycles. The Labute approximate surface area is 141 Å². The van der Waals surface area contributed by atoms with Gasteiger partial charge in [0.25, 0.3) is 0 Å². The first-order valence-electron chi connectivity index (χ1n) is 8.18. The number of carbonyl (C=O) groups excluding carboxylic acids is 1. The summed E-state index contributed by atoms with van der Waals surface area (Å²) in [5.74, 6) is 2.29. The molecule has 0 unspecified atom stereocenters. The maximum absolute atomic E-state index is 12.6. The largest absolute Gasteiger partial charge is 0.497 e. The van der Waals surface area contributed by atoms with Gasteiger partial charge >= 0.3 is 0 Å². The van der Waals surface area contributed by atoms with E-state index in [-0.39, 0.29) is 11.9 Å². The van der Waals surface area contributed by atoms with Gasteiger partial charge in [-0.3, -0.25) is 9.69 Å². The van der Waals surface area contributed by atoms with Crippen molar-refractivity contribution in [3.8, 4) is 5.75 Å². The van der Waals surface area contributed by atoms with Crippen molar-refractivity contribution in [1.29, 1.82) is 0 Å². The molecule has 0 bridgehead atoms. The van der Waals surface area contributed by atoms with E-state index in [9.17, 15) is 4.79 Å².